The molecule has 0 bridgehead atoms. The molecule has 21 heavy (non-hydrogen) atoms. The average Bonchev–Trinajstić information content (AvgIpc) is 2.90. The lowest BCUT2D eigenvalue weighted by Crippen LogP contribution is -2.49. The van der Waals surface area contributed by atoms with Crippen LogP contribution in [-0.4, -0.2) is 35.3 Å². The summed E-state index contributed by atoms with van der Waals surface area (Å²) in [6.45, 7) is 2.51. The van der Waals surface area contributed by atoms with E-state index in [1.807, 2.05) is 23.1 Å². The van der Waals surface area contributed by atoms with E-state index in [-0.39, 0.29) is 17.9 Å². The van der Waals surface area contributed by atoms with Gasteiger partial charge in [-0.05, 0) is 60.4 Å². The van der Waals surface area contributed by atoms with E-state index in [0.29, 0.717) is 12.2 Å². The number of likely N-dealkylation sites (tertiary alicyclic amines) is 1. The summed E-state index contributed by atoms with van der Waals surface area (Å²) in [4.78, 5) is 25.7. The van der Waals surface area contributed by atoms with Crippen molar-refractivity contribution >= 4 is 49.4 Å². The van der Waals surface area contributed by atoms with Crippen LogP contribution in [0.4, 0.5) is 5.69 Å². The Morgan fingerprint density at radius 1 is 1.43 bits per heavy atom. The largest absolute Gasteiger partial charge is 0.368 e. The number of hydrogen-bond donors (Lipinski definition) is 2. The molecule has 1 fully saturated rings. The molecule has 1 heterocycles. The van der Waals surface area contributed by atoms with Crippen LogP contribution in [0.3, 0.4) is 0 Å². The van der Waals surface area contributed by atoms with Crippen LogP contribution < -0.4 is 11.1 Å². The highest BCUT2D eigenvalue weighted by Crippen LogP contribution is 2.27. The number of carbonyl (C=O) groups is 2. The van der Waals surface area contributed by atoms with Crippen LogP contribution in [-0.2, 0) is 9.59 Å². The molecule has 2 amide bonds. The number of nitrogens with zero attached hydrogens (tertiary/aromatic N) is 1. The van der Waals surface area contributed by atoms with Crippen molar-refractivity contribution in [1.82, 2.24) is 4.90 Å². The molecule has 0 spiro atoms. The zero-order valence-corrected chi connectivity index (χ0v) is 14.8. The first kappa shape index (κ1) is 16.5. The highest BCUT2D eigenvalue weighted by atomic mass is 79.9. The first-order valence-electron chi connectivity index (χ1n) is 6.71. The van der Waals surface area contributed by atoms with Crippen LogP contribution in [0.1, 0.15) is 19.8 Å². The molecule has 7 heteroatoms. The van der Waals surface area contributed by atoms with Crippen LogP contribution in [0.2, 0.25) is 0 Å². The van der Waals surface area contributed by atoms with Gasteiger partial charge in [-0.2, -0.15) is 0 Å². The summed E-state index contributed by atoms with van der Waals surface area (Å²) in [6.07, 6.45) is 1.60. The number of anilines is 1. The summed E-state index contributed by atoms with van der Waals surface area (Å²) in [7, 11) is 0. The zero-order valence-electron chi connectivity index (χ0n) is 11.6. The number of hydrogen-bond acceptors (Lipinski definition) is 3. The molecule has 2 atom stereocenters. The van der Waals surface area contributed by atoms with E-state index >= 15 is 0 Å². The molecule has 0 radical (unpaired) electrons. The van der Waals surface area contributed by atoms with Crippen LogP contribution in [0.25, 0.3) is 0 Å². The van der Waals surface area contributed by atoms with Gasteiger partial charge in [0.25, 0.3) is 0 Å². The van der Waals surface area contributed by atoms with Gasteiger partial charge in [0.15, 0.2) is 0 Å². The molecule has 2 unspecified atom stereocenters. The van der Waals surface area contributed by atoms with Crippen molar-refractivity contribution < 1.29 is 9.59 Å². The van der Waals surface area contributed by atoms with Crippen molar-refractivity contribution in [3.8, 4) is 0 Å². The summed E-state index contributed by atoms with van der Waals surface area (Å²) in [5.41, 5.74) is 6.09. The Balaban J connectivity index is 2.07. The number of halogens is 2. The van der Waals surface area contributed by atoms with Crippen molar-refractivity contribution in [2.75, 3.05) is 11.9 Å². The molecule has 2 rings (SSSR count). The molecule has 3 N–H and O–H groups in total. The molecule has 1 aromatic carbocycles. The van der Waals surface area contributed by atoms with Crippen LogP contribution >= 0.6 is 31.9 Å². The lowest BCUT2D eigenvalue weighted by molar-refractivity contribution is -0.126. The van der Waals surface area contributed by atoms with Gasteiger partial charge in [-0.1, -0.05) is 15.9 Å². The van der Waals surface area contributed by atoms with E-state index in [0.717, 1.165) is 21.8 Å². The molecule has 1 saturated heterocycles. The van der Waals surface area contributed by atoms with Crippen molar-refractivity contribution in [1.29, 1.82) is 0 Å². The summed E-state index contributed by atoms with van der Waals surface area (Å²) < 4.78 is 1.72. The molecule has 0 saturated carbocycles. The number of benzene rings is 1. The summed E-state index contributed by atoms with van der Waals surface area (Å²) >= 11 is 6.78. The van der Waals surface area contributed by atoms with Crippen molar-refractivity contribution in [2.24, 2.45) is 5.73 Å². The Kier molecular flexibility index (Phi) is 5.40. The first-order chi connectivity index (χ1) is 9.90. The Bertz CT molecular complexity index is 565. The number of rotatable bonds is 4. The maximum Gasteiger partial charge on any atom is 0.241 e. The van der Waals surface area contributed by atoms with E-state index in [2.05, 4.69) is 37.2 Å². The third-order valence-electron chi connectivity index (χ3n) is 3.69. The van der Waals surface area contributed by atoms with Gasteiger partial charge in [-0.3, -0.25) is 14.5 Å². The minimum atomic E-state index is -0.402. The lowest BCUT2D eigenvalue weighted by Gasteiger charge is -2.28. The van der Waals surface area contributed by atoms with E-state index in [1.165, 1.54) is 0 Å². The predicted octanol–water partition coefficient (Wildman–Crippen LogP) is 2.49. The summed E-state index contributed by atoms with van der Waals surface area (Å²) in [5, 5.41) is 2.87. The fraction of sp³-hybridized carbons (Fsp3) is 0.429. The Morgan fingerprint density at radius 2 is 2.14 bits per heavy atom. The van der Waals surface area contributed by atoms with E-state index in [1.54, 1.807) is 6.92 Å². The molecule has 5 nitrogen and oxygen atoms in total. The molecule has 114 valence electrons. The van der Waals surface area contributed by atoms with E-state index < -0.39 is 6.04 Å². The maximum absolute atomic E-state index is 12.4. The Morgan fingerprint density at radius 3 is 2.76 bits per heavy atom. The van der Waals surface area contributed by atoms with Gasteiger partial charge in [-0.25, -0.2) is 0 Å². The number of nitrogens with two attached hydrogens (primary N) is 1. The number of primary amides is 1. The highest BCUT2D eigenvalue weighted by Gasteiger charge is 2.35. The Hall–Kier alpha value is -0.920. The van der Waals surface area contributed by atoms with Crippen LogP contribution in [0, 0.1) is 0 Å². The van der Waals surface area contributed by atoms with Crippen molar-refractivity contribution in [2.45, 2.75) is 31.8 Å². The van der Waals surface area contributed by atoms with Gasteiger partial charge in [0.05, 0.1) is 17.8 Å². The fourth-order valence-corrected chi connectivity index (χ4v) is 3.68. The molecule has 0 aliphatic carbocycles. The van der Waals surface area contributed by atoms with Gasteiger partial charge in [-0.15, -0.1) is 0 Å². The number of nitrogens with one attached hydrogen (secondary N) is 1. The van der Waals surface area contributed by atoms with Gasteiger partial charge in [0.1, 0.15) is 0 Å². The highest BCUT2D eigenvalue weighted by molar-refractivity contribution is 9.11. The summed E-state index contributed by atoms with van der Waals surface area (Å²) in [5.74, 6) is -0.511. The average molecular weight is 419 g/mol. The van der Waals surface area contributed by atoms with Crippen LogP contribution in [0.5, 0.6) is 0 Å². The maximum atomic E-state index is 12.4. The topological polar surface area (TPSA) is 75.4 Å². The summed E-state index contributed by atoms with van der Waals surface area (Å²) in [6, 6.07) is 4.78. The Labute approximate surface area is 140 Å². The number of carbonyl (C=O) groups excluding carboxylic acids is 2. The quantitative estimate of drug-likeness (QED) is 0.788. The minimum Gasteiger partial charge on any atom is -0.368 e. The van der Waals surface area contributed by atoms with Gasteiger partial charge in [0.2, 0.25) is 11.8 Å². The molecule has 0 aromatic heterocycles. The van der Waals surface area contributed by atoms with Gasteiger partial charge in [0, 0.05) is 8.95 Å². The van der Waals surface area contributed by atoms with Crippen LogP contribution in [0.15, 0.2) is 27.1 Å². The standard InChI is InChI=1S/C14H17Br2N3O2/c1-8(19-6-2-3-12(19)13(17)20)14(21)18-11-5-4-9(15)7-10(11)16/h4-5,7-8,12H,2-3,6H2,1H3,(H2,17,20)(H,18,21). The lowest BCUT2D eigenvalue weighted by atomic mass is 10.1. The van der Waals surface area contributed by atoms with E-state index in [4.69, 9.17) is 5.73 Å². The fourth-order valence-electron chi connectivity index (χ4n) is 2.54. The third kappa shape index (κ3) is 3.84. The second kappa shape index (κ2) is 6.89. The SMILES string of the molecule is CC(C(=O)Nc1ccc(Br)cc1Br)N1CCCC1C(N)=O. The second-order valence-corrected chi connectivity index (χ2v) is 6.86. The zero-order chi connectivity index (χ0) is 15.6. The minimum absolute atomic E-state index is 0.147. The molecule has 1 aliphatic rings. The van der Waals surface area contributed by atoms with Crippen molar-refractivity contribution in [3.63, 3.8) is 0 Å². The van der Waals surface area contributed by atoms with Crippen molar-refractivity contribution in [3.05, 3.63) is 27.1 Å². The normalized spacial score (nSPS) is 20.2. The van der Waals surface area contributed by atoms with E-state index in [9.17, 15) is 9.59 Å². The van der Waals surface area contributed by atoms with Gasteiger partial charge >= 0.3 is 0 Å². The number of amides is 2. The van der Waals surface area contributed by atoms with Gasteiger partial charge < -0.3 is 11.1 Å². The molecular weight excluding hydrogens is 402 g/mol. The monoisotopic (exact) mass is 417 g/mol. The second-order valence-electron chi connectivity index (χ2n) is 5.09. The smallest absolute Gasteiger partial charge is 0.241 e. The predicted molar refractivity (Wildman–Crippen MR) is 88.9 cm³/mol. The first-order valence-corrected chi connectivity index (χ1v) is 8.29. The third-order valence-corrected chi connectivity index (χ3v) is 4.84. The molecule has 1 aromatic rings. The molecular formula is C14H17Br2N3O2. The molecule has 1 aliphatic heterocycles.